The van der Waals surface area contributed by atoms with Gasteiger partial charge in [0, 0.05) is 35.4 Å². The number of hydrogen-bond acceptors (Lipinski definition) is 4. The monoisotopic (exact) mass is 410 g/mol. The van der Waals surface area contributed by atoms with Gasteiger partial charge >= 0.3 is 0 Å². The lowest BCUT2D eigenvalue weighted by molar-refractivity contribution is 0.102. The molecule has 1 aromatic carbocycles. The number of fused-ring (bicyclic) bond motifs is 1. The zero-order valence-electron chi connectivity index (χ0n) is 17.4. The van der Waals surface area contributed by atoms with Crippen LogP contribution in [0.5, 0.6) is 5.75 Å². The molecule has 6 heteroatoms. The fraction of sp³-hybridized carbons (Fsp3) is 0.160. The van der Waals surface area contributed by atoms with E-state index in [1.807, 2.05) is 54.8 Å². The van der Waals surface area contributed by atoms with E-state index < -0.39 is 0 Å². The van der Waals surface area contributed by atoms with Crippen LogP contribution in [0.1, 0.15) is 32.9 Å². The average molecular weight is 410 g/mol. The summed E-state index contributed by atoms with van der Waals surface area (Å²) in [6.45, 7) is 4.22. The maximum absolute atomic E-state index is 12.6. The van der Waals surface area contributed by atoms with Crippen molar-refractivity contribution in [2.75, 3.05) is 5.32 Å². The van der Waals surface area contributed by atoms with Crippen molar-refractivity contribution in [1.82, 2.24) is 14.4 Å². The number of nitrogens with zero attached hydrogens (tertiary/aromatic N) is 3. The summed E-state index contributed by atoms with van der Waals surface area (Å²) in [5.41, 5.74) is 5.76. The number of ether oxygens (including phenoxy) is 1. The van der Waals surface area contributed by atoms with Gasteiger partial charge in [-0.2, -0.15) is 0 Å². The third kappa shape index (κ3) is 4.12. The minimum Gasteiger partial charge on any atom is -0.485 e. The molecule has 1 amide bonds. The number of nitrogens with one attached hydrogen (secondary N) is 1. The molecule has 0 spiro atoms. The Labute approximate surface area is 180 Å². The zero-order chi connectivity index (χ0) is 21.8. The lowest BCUT2D eigenvalue weighted by Crippen LogP contribution is -2.14. The molecule has 0 bridgehead atoms. The van der Waals surface area contributed by atoms with Gasteiger partial charge in [0.1, 0.15) is 6.61 Å². The van der Waals surface area contributed by atoms with Crippen LogP contribution in [0, 0.1) is 26.2 Å². The van der Waals surface area contributed by atoms with E-state index in [9.17, 15) is 4.79 Å². The number of terminal acetylenes is 1. The van der Waals surface area contributed by atoms with Crippen molar-refractivity contribution >= 4 is 17.2 Å². The standard InChI is InChI=1S/C25H22N4O2/c1-4-7-22-18(3)27-24-23(10-6-15-29(22)24)31-16-20-17(2)8-5-9-21(20)28-25(30)19-11-13-26-14-12-19/h1,5-6,8-15H,7,16H2,2-3H3,(H,28,30). The van der Waals surface area contributed by atoms with Crippen LogP contribution >= 0.6 is 0 Å². The van der Waals surface area contributed by atoms with Crippen LogP contribution in [-0.4, -0.2) is 20.3 Å². The maximum Gasteiger partial charge on any atom is 0.255 e. The summed E-state index contributed by atoms with van der Waals surface area (Å²) in [6.07, 6.45) is 11.1. The normalized spacial score (nSPS) is 10.6. The molecule has 0 atom stereocenters. The summed E-state index contributed by atoms with van der Waals surface area (Å²) in [7, 11) is 0. The fourth-order valence-corrected chi connectivity index (χ4v) is 3.49. The number of carbonyl (C=O) groups excluding carboxylic acids is 1. The van der Waals surface area contributed by atoms with Gasteiger partial charge in [-0.25, -0.2) is 4.98 Å². The number of benzene rings is 1. The van der Waals surface area contributed by atoms with Gasteiger partial charge in [0.05, 0.1) is 17.8 Å². The number of anilines is 1. The Hall–Kier alpha value is -4.11. The van der Waals surface area contributed by atoms with Crippen LogP contribution in [0.4, 0.5) is 5.69 Å². The van der Waals surface area contributed by atoms with Gasteiger partial charge in [-0.05, 0) is 49.7 Å². The molecule has 0 aliphatic rings. The number of amides is 1. The summed E-state index contributed by atoms with van der Waals surface area (Å²) in [5, 5.41) is 2.98. The van der Waals surface area contributed by atoms with Crippen LogP contribution in [0.2, 0.25) is 0 Å². The van der Waals surface area contributed by atoms with Crippen LogP contribution in [0.3, 0.4) is 0 Å². The molecule has 4 aromatic rings. The molecule has 3 heterocycles. The second-order valence-corrected chi connectivity index (χ2v) is 7.17. The lowest BCUT2D eigenvalue weighted by Gasteiger charge is -2.15. The predicted molar refractivity (Wildman–Crippen MR) is 120 cm³/mol. The topological polar surface area (TPSA) is 68.5 Å². The van der Waals surface area contributed by atoms with Gasteiger partial charge in [-0.1, -0.05) is 12.1 Å². The highest BCUT2D eigenvalue weighted by Crippen LogP contribution is 2.26. The highest BCUT2D eigenvalue weighted by molar-refractivity contribution is 6.04. The van der Waals surface area contributed by atoms with Crippen LogP contribution < -0.4 is 10.1 Å². The predicted octanol–water partition coefficient (Wildman–Crippen LogP) is 4.35. The van der Waals surface area contributed by atoms with E-state index >= 15 is 0 Å². The molecule has 4 rings (SSSR count). The average Bonchev–Trinajstić information content (AvgIpc) is 3.10. The van der Waals surface area contributed by atoms with Crippen molar-refractivity contribution in [1.29, 1.82) is 0 Å². The number of rotatable bonds is 6. The van der Waals surface area contributed by atoms with Crippen molar-refractivity contribution in [2.45, 2.75) is 26.9 Å². The molecule has 0 saturated carbocycles. The molecule has 0 saturated heterocycles. The second kappa shape index (κ2) is 8.72. The molecule has 6 nitrogen and oxygen atoms in total. The summed E-state index contributed by atoms with van der Waals surface area (Å²) in [4.78, 5) is 21.2. The Kier molecular flexibility index (Phi) is 5.67. The van der Waals surface area contributed by atoms with Gasteiger partial charge < -0.3 is 10.1 Å². The molecule has 154 valence electrons. The van der Waals surface area contributed by atoms with Crippen molar-refractivity contribution in [3.05, 3.63) is 89.1 Å². The van der Waals surface area contributed by atoms with E-state index in [1.54, 1.807) is 24.5 Å². The Morgan fingerprint density at radius 1 is 1.16 bits per heavy atom. The first kappa shape index (κ1) is 20.2. The summed E-state index contributed by atoms with van der Waals surface area (Å²) < 4.78 is 8.13. The van der Waals surface area contributed by atoms with Crippen LogP contribution in [-0.2, 0) is 13.0 Å². The molecule has 3 aromatic heterocycles. The van der Waals surface area contributed by atoms with Crippen molar-refractivity contribution < 1.29 is 9.53 Å². The first-order valence-corrected chi connectivity index (χ1v) is 9.91. The van der Waals surface area contributed by atoms with E-state index in [2.05, 4.69) is 21.2 Å². The Balaban J connectivity index is 1.60. The highest BCUT2D eigenvalue weighted by atomic mass is 16.5. The number of aryl methyl sites for hydroxylation is 2. The minimum atomic E-state index is -0.195. The Morgan fingerprint density at radius 2 is 1.97 bits per heavy atom. The Bertz CT molecular complexity index is 1290. The minimum absolute atomic E-state index is 0.195. The third-order valence-corrected chi connectivity index (χ3v) is 5.16. The quantitative estimate of drug-likeness (QED) is 0.480. The van der Waals surface area contributed by atoms with E-state index in [-0.39, 0.29) is 12.5 Å². The van der Waals surface area contributed by atoms with E-state index in [4.69, 9.17) is 11.2 Å². The summed E-state index contributed by atoms with van der Waals surface area (Å²) in [6, 6.07) is 12.9. The maximum atomic E-state index is 12.6. The molecular formula is C25H22N4O2. The van der Waals surface area contributed by atoms with Gasteiger partial charge in [-0.15, -0.1) is 12.3 Å². The molecule has 1 N–H and O–H groups in total. The van der Waals surface area contributed by atoms with Crippen molar-refractivity contribution in [2.24, 2.45) is 0 Å². The molecule has 0 aliphatic heterocycles. The SMILES string of the molecule is C#CCc1c(C)nc2c(OCc3c(C)cccc3NC(=O)c3ccncc3)cccn12. The molecule has 0 unspecified atom stereocenters. The highest BCUT2D eigenvalue weighted by Gasteiger charge is 2.15. The first-order chi connectivity index (χ1) is 15.1. The molecule has 0 aliphatic carbocycles. The van der Waals surface area contributed by atoms with Gasteiger partial charge in [-0.3, -0.25) is 14.2 Å². The fourth-order valence-electron chi connectivity index (χ4n) is 3.49. The van der Waals surface area contributed by atoms with Crippen LogP contribution in [0.15, 0.2) is 61.1 Å². The third-order valence-electron chi connectivity index (χ3n) is 5.16. The van der Waals surface area contributed by atoms with Gasteiger partial charge in [0.2, 0.25) is 0 Å². The van der Waals surface area contributed by atoms with Crippen LogP contribution in [0.25, 0.3) is 5.65 Å². The Morgan fingerprint density at radius 3 is 2.74 bits per heavy atom. The summed E-state index contributed by atoms with van der Waals surface area (Å²) >= 11 is 0. The van der Waals surface area contributed by atoms with Gasteiger partial charge in [0.15, 0.2) is 11.4 Å². The van der Waals surface area contributed by atoms with E-state index in [0.29, 0.717) is 23.4 Å². The van der Waals surface area contributed by atoms with E-state index in [1.165, 1.54) is 0 Å². The summed E-state index contributed by atoms with van der Waals surface area (Å²) in [5.74, 6) is 3.14. The van der Waals surface area contributed by atoms with Crippen molar-refractivity contribution in [3.8, 4) is 18.1 Å². The largest absolute Gasteiger partial charge is 0.485 e. The molecule has 0 fully saturated rings. The molecular weight excluding hydrogens is 388 g/mol. The van der Waals surface area contributed by atoms with Crippen molar-refractivity contribution in [3.63, 3.8) is 0 Å². The first-order valence-electron chi connectivity index (χ1n) is 9.91. The van der Waals surface area contributed by atoms with E-state index in [0.717, 1.165) is 28.2 Å². The smallest absolute Gasteiger partial charge is 0.255 e. The number of carbonyl (C=O) groups is 1. The van der Waals surface area contributed by atoms with Gasteiger partial charge in [0.25, 0.3) is 5.91 Å². The molecule has 31 heavy (non-hydrogen) atoms. The molecule has 0 radical (unpaired) electrons. The lowest BCUT2D eigenvalue weighted by atomic mass is 10.1. The zero-order valence-corrected chi connectivity index (χ0v) is 17.4. The number of pyridine rings is 2. The second-order valence-electron chi connectivity index (χ2n) is 7.17. The number of imidazole rings is 1. The number of hydrogen-bond donors (Lipinski definition) is 1. The number of aromatic nitrogens is 3.